The van der Waals surface area contributed by atoms with Crippen LogP contribution in [0.15, 0.2) is 24.3 Å². The molecular formula is C9H10ClNO2. The molecule has 0 saturated carbocycles. The lowest BCUT2D eigenvalue weighted by Crippen LogP contribution is -2.08. The quantitative estimate of drug-likeness (QED) is 0.595. The lowest BCUT2D eigenvalue weighted by Gasteiger charge is -2.05. The SMILES string of the molecule is COC(=O)c1ccccc1CNCl. The van der Waals surface area contributed by atoms with Crippen molar-refractivity contribution in [3.8, 4) is 0 Å². The average Bonchev–Trinajstić information content (AvgIpc) is 2.18. The van der Waals surface area contributed by atoms with E-state index in [-0.39, 0.29) is 5.97 Å². The van der Waals surface area contributed by atoms with E-state index in [9.17, 15) is 4.79 Å². The predicted molar refractivity (Wildman–Crippen MR) is 50.5 cm³/mol. The Labute approximate surface area is 81.8 Å². The number of hydrogen-bond donors (Lipinski definition) is 1. The molecule has 0 aromatic heterocycles. The Morgan fingerprint density at radius 2 is 2.23 bits per heavy atom. The summed E-state index contributed by atoms with van der Waals surface area (Å²) >= 11 is 5.35. The highest BCUT2D eigenvalue weighted by Gasteiger charge is 2.09. The van der Waals surface area contributed by atoms with Crippen molar-refractivity contribution in [2.75, 3.05) is 7.11 Å². The number of carbonyl (C=O) groups is 1. The first-order valence-corrected chi connectivity index (χ1v) is 4.17. The zero-order chi connectivity index (χ0) is 9.68. The molecule has 0 heterocycles. The van der Waals surface area contributed by atoms with Crippen LogP contribution in [-0.4, -0.2) is 13.1 Å². The zero-order valence-corrected chi connectivity index (χ0v) is 7.97. The molecule has 3 nitrogen and oxygen atoms in total. The van der Waals surface area contributed by atoms with Gasteiger partial charge in [0.25, 0.3) is 0 Å². The summed E-state index contributed by atoms with van der Waals surface area (Å²) < 4.78 is 4.61. The maximum absolute atomic E-state index is 11.2. The van der Waals surface area contributed by atoms with Crippen molar-refractivity contribution in [3.05, 3.63) is 35.4 Å². The van der Waals surface area contributed by atoms with Crippen molar-refractivity contribution in [2.45, 2.75) is 6.54 Å². The molecular weight excluding hydrogens is 190 g/mol. The minimum absolute atomic E-state index is 0.345. The lowest BCUT2D eigenvalue weighted by atomic mass is 10.1. The average molecular weight is 200 g/mol. The van der Waals surface area contributed by atoms with Crippen molar-refractivity contribution in [2.24, 2.45) is 0 Å². The molecule has 0 amide bonds. The van der Waals surface area contributed by atoms with Gasteiger partial charge in [-0.15, -0.1) is 0 Å². The monoisotopic (exact) mass is 199 g/mol. The van der Waals surface area contributed by atoms with Crippen molar-refractivity contribution < 1.29 is 9.53 Å². The Hall–Kier alpha value is -1.06. The fourth-order valence-corrected chi connectivity index (χ4v) is 1.20. The molecule has 0 fully saturated rings. The van der Waals surface area contributed by atoms with Gasteiger partial charge in [0, 0.05) is 6.54 Å². The Balaban J connectivity index is 2.97. The molecule has 0 spiro atoms. The van der Waals surface area contributed by atoms with Crippen LogP contribution in [0, 0.1) is 0 Å². The molecule has 4 heteroatoms. The third-order valence-corrected chi connectivity index (χ3v) is 1.81. The molecule has 13 heavy (non-hydrogen) atoms. The number of nitrogens with one attached hydrogen (secondary N) is 1. The highest BCUT2D eigenvalue weighted by Crippen LogP contribution is 2.09. The number of benzene rings is 1. The summed E-state index contributed by atoms with van der Waals surface area (Å²) in [6.07, 6.45) is 0. The third-order valence-electron chi connectivity index (χ3n) is 1.68. The summed E-state index contributed by atoms with van der Waals surface area (Å²) in [6, 6.07) is 7.15. The summed E-state index contributed by atoms with van der Waals surface area (Å²) in [5.41, 5.74) is 1.36. The van der Waals surface area contributed by atoms with Gasteiger partial charge in [0.15, 0.2) is 0 Å². The lowest BCUT2D eigenvalue weighted by molar-refractivity contribution is 0.0599. The fraction of sp³-hybridized carbons (Fsp3) is 0.222. The van der Waals surface area contributed by atoms with Gasteiger partial charge in [0.05, 0.1) is 12.7 Å². The highest BCUT2D eigenvalue weighted by atomic mass is 35.5. The number of carbonyl (C=O) groups excluding carboxylic acids is 1. The highest BCUT2D eigenvalue weighted by molar-refractivity contribution is 6.13. The van der Waals surface area contributed by atoms with Crippen LogP contribution in [0.25, 0.3) is 0 Å². The second-order valence-corrected chi connectivity index (χ2v) is 2.73. The van der Waals surface area contributed by atoms with Gasteiger partial charge in [-0.2, -0.15) is 0 Å². The molecule has 0 radical (unpaired) electrons. The van der Waals surface area contributed by atoms with E-state index >= 15 is 0 Å². The molecule has 1 rings (SSSR count). The summed E-state index contributed by atoms with van der Waals surface area (Å²) in [5, 5.41) is 0. The zero-order valence-electron chi connectivity index (χ0n) is 7.21. The van der Waals surface area contributed by atoms with Crippen LogP contribution in [-0.2, 0) is 11.3 Å². The van der Waals surface area contributed by atoms with Crippen molar-refractivity contribution in [3.63, 3.8) is 0 Å². The summed E-state index contributed by atoms with van der Waals surface area (Å²) in [4.78, 5) is 13.7. The standard InChI is InChI=1S/C9H10ClNO2/c1-13-9(12)8-5-3-2-4-7(8)6-11-10/h2-5,11H,6H2,1H3. The van der Waals surface area contributed by atoms with Gasteiger partial charge in [-0.25, -0.2) is 9.63 Å². The molecule has 0 atom stereocenters. The van der Waals surface area contributed by atoms with Gasteiger partial charge in [-0.3, -0.25) is 0 Å². The molecule has 0 aliphatic carbocycles. The van der Waals surface area contributed by atoms with Gasteiger partial charge >= 0.3 is 5.97 Å². The van der Waals surface area contributed by atoms with Crippen LogP contribution < -0.4 is 4.84 Å². The summed E-state index contributed by atoms with van der Waals surface area (Å²) in [7, 11) is 1.35. The third kappa shape index (κ3) is 2.44. The summed E-state index contributed by atoms with van der Waals surface area (Å²) in [6.45, 7) is 0.437. The maximum Gasteiger partial charge on any atom is 0.338 e. The van der Waals surface area contributed by atoms with Gasteiger partial charge in [-0.05, 0) is 23.4 Å². The largest absolute Gasteiger partial charge is 0.465 e. The van der Waals surface area contributed by atoms with Crippen molar-refractivity contribution >= 4 is 17.7 Å². The van der Waals surface area contributed by atoms with Crippen LogP contribution >= 0.6 is 11.8 Å². The van der Waals surface area contributed by atoms with E-state index in [1.54, 1.807) is 12.1 Å². The molecule has 70 valence electrons. The number of halogens is 1. The number of rotatable bonds is 3. The first-order valence-electron chi connectivity index (χ1n) is 3.79. The van der Waals surface area contributed by atoms with Gasteiger partial charge in [0.1, 0.15) is 0 Å². The summed E-state index contributed by atoms with van der Waals surface area (Å²) in [5.74, 6) is -0.345. The topological polar surface area (TPSA) is 38.3 Å². The minimum Gasteiger partial charge on any atom is -0.465 e. The first-order chi connectivity index (χ1) is 6.29. The Kier molecular flexibility index (Phi) is 3.73. The smallest absolute Gasteiger partial charge is 0.338 e. The second kappa shape index (κ2) is 4.84. The predicted octanol–water partition coefficient (Wildman–Crippen LogP) is 1.72. The van der Waals surface area contributed by atoms with Gasteiger partial charge < -0.3 is 4.74 Å². The van der Waals surface area contributed by atoms with E-state index in [1.807, 2.05) is 12.1 Å². The van der Waals surface area contributed by atoms with Crippen LogP contribution in [0.2, 0.25) is 0 Å². The minimum atomic E-state index is -0.345. The first kappa shape index (κ1) is 10.0. The Morgan fingerprint density at radius 3 is 2.85 bits per heavy atom. The second-order valence-electron chi connectivity index (χ2n) is 2.46. The fourth-order valence-electron chi connectivity index (χ4n) is 1.06. The molecule has 0 aliphatic heterocycles. The van der Waals surface area contributed by atoms with Crippen LogP contribution in [0.5, 0.6) is 0 Å². The number of esters is 1. The van der Waals surface area contributed by atoms with E-state index < -0.39 is 0 Å². The van der Waals surface area contributed by atoms with E-state index in [0.717, 1.165) is 5.56 Å². The number of methoxy groups -OCH3 is 1. The van der Waals surface area contributed by atoms with Crippen LogP contribution in [0.3, 0.4) is 0 Å². The molecule has 0 saturated heterocycles. The van der Waals surface area contributed by atoms with E-state index in [2.05, 4.69) is 9.57 Å². The number of hydrogen-bond acceptors (Lipinski definition) is 3. The Morgan fingerprint density at radius 1 is 1.54 bits per heavy atom. The molecule has 1 N–H and O–H groups in total. The van der Waals surface area contributed by atoms with E-state index in [1.165, 1.54) is 7.11 Å². The van der Waals surface area contributed by atoms with E-state index in [4.69, 9.17) is 11.8 Å². The normalized spacial score (nSPS) is 9.69. The molecule has 0 aliphatic rings. The number of ether oxygens (including phenoxy) is 1. The Bertz CT molecular complexity index is 301. The van der Waals surface area contributed by atoms with Gasteiger partial charge in [0.2, 0.25) is 0 Å². The van der Waals surface area contributed by atoms with E-state index in [0.29, 0.717) is 12.1 Å². The van der Waals surface area contributed by atoms with Crippen molar-refractivity contribution in [1.29, 1.82) is 0 Å². The maximum atomic E-state index is 11.2. The van der Waals surface area contributed by atoms with Crippen LogP contribution in [0.4, 0.5) is 0 Å². The van der Waals surface area contributed by atoms with Crippen molar-refractivity contribution in [1.82, 2.24) is 4.84 Å². The molecule has 0 unspecified atom stereocenters. The van der Waals surface area contributed by atoms with Crippen LogP contribution in [0.1, 0.15) is 15.9 Å². The molecule has 1 aromatic carbocycles. The molecule has 1 aromatic rings. The van der Waals surface area contributed by atoms with Gasteiger partial charge in [-0.1, -0.05) is 18.2 Å². The molecule has 0 bridgehead atoms.